The minimum absolute atomic E-state index is 0.0160. The quantitative estimate of drug-likeness (QED) is 0.343. The van der Waals surface area contributed by atoms with Crippen molar-refractivity contribution in [1.29, 1.82) is 0 Å². The molecule has 10 nitrogen and oxygen atoms in total. The Hall–Kier alpha value is -1.55. The van der Waals surface area contributed by atoms with Gasteiger partial charge >= 0.3 is 11.9 Å². The summed E-state index contributed by atoms with van der Waals surface area (Å²) in [4.78, 5) is 22.3. The molecule has 0 fully saturated rings. The van der Waals surface area contributed by atoms with Crippen molar-refractivity contribution in [2.45, 2.75) is 23.6 Å². The number of rotatable bonds is 6. The molecule has 0 bridgehead atoms. The number of nitrogens with two attached hydrogens (primary N) is 1. The van der Waals surface area contributed by atoms with Crippen molar-refractivity contribution in [3.05, 3.63) is 56.5 Å². The fourth-order valence-electron chi connectivity index (χ4n) is 2.16. The normalized spacial score (nSPS) is 10.7. The standard InChI is InChI=1S/C10H12BrNO4S.C8H6BrClO4S.C2H7N/c1-3-12-17(14,15)9-6-7(10(13)16-2)4-5-8(9)11;1-14-8(11)5-2-3-6(9)7(4-5)15(10,12)13;1-2-3/h4-6,12H,3H2,1-2H3;2-4H,1H3;2-3H2,1H3. The van der Waals surface area contributed by atoms with E-state index in [9.17, 15) is 26.4 Å². The van der Waals surface area contributed by atoms with Crippen molar-refractivity contribution in [1.82, 2.24) is 4.72 Å². The summed E-state index contributed by atoms with van der Waals surface area (Å²) in [7, 11) is 0.130. The highest BCUT2D eigenvalue weighted by molar-refractivity contribution is 9.10. The zero-order valence-corrected chi connectivity index (χ0v) is 24.7. The fourth-order valence-corrected chi connectivity index (χ4v) is 6.30. The Morgan fingerprint density at radius 3 is 1.60 bits per heavy atom. The number of nitrogens with one attached hydrogen (secondary N) is 1. The highest BCUT2D eigenvalue weighted by Gasteiger charge is 2.19. The third-order valence-electron chi connectivity index (χ3n) is 3.59. The van der Waals surface area contributed by atoms with Crippen LogP contribution in [0.15, 0.2) is 55.1 Å². The zero-order valence-electron chi connectivity index (χ0n) is 19.2. The molecule has 0 aliphatic rings. The number of hydrogen-bond donors (Lipinski definition) is 2. The molecule has 15 heteroatoms. The Bertz CT molecular complexity index is 1240. The van der Waals surface area contributed by atoms with Crippen LogP contribution in [0.5, 0.6) is 0 Å². The van der Waals surface area contributed by atoms with Gasteiger partial charge in [0.25, 0.3) is 9.05 Å². The van der Waals surface area contributed by atoms with Gasteiger partial charge < -0.3 is 15.2 Å². The molecule has 0 aromatic heterocycles. The Kier molecular flexibility index (Phi) is 14.8. The maximum Gasteiger partial charge on any atom is 0.337 e. The van der Waals surface area contributed by atoms with E-state index in [2.05, 4.69) is 46.1 Å². The summed E-state index contributed by atoms with van der Waals surface area (Å²) in [6.07, 6.45) is 0. The number of esters is 2. The molecule has 0 saturated heterocycles. The van der Waals surface area contributed by atoms with Crippen molar-refractivity contribution in [2.24, 2.45) is 5.73 Å². The van der Waals surface area contributed by atoms with E-state index in [0.717, 1.165) is 12.6 Å². The van der Waals surface area contributed by atoms with E-state index in [0.29, 0.717) is 8.95 Å². The SMILES string of the molecule is CCN.CCNS(=O)(=O)c1cc(C(=O)OC)ccc1Br.COC(=O)c1ccc(Br)c(S(=O)(=O)Cl)c1. The molecule has 0 aliphatic heterocycles. The molecule has 2 aromatic carbocycles. The number of carbonyl (C=O) groups excluding carboxylic acids is 2. The predicted molar refractivity (Wildman–Crippen MR) is 140 cm³/mol. The second kappa shape index (κ2) is 15.5. The van der Waals surface area contributed by atoms with Gasteiger partial charge in [-0.25, -0.2) is 31.1 Å². The van der Waals surface area contributed by atoms with Crippen molar-refractivity contribution >= 4 is 73.6 Å². The lowest BCUT2D eigenvalue weighted by atomic mass is 10.2. The van der Waals surface area contributed by atoms with Crippen molar-refractivity contribution < 1.29 is 35.9 Å². The van der Waals surface area contributed by atoms with Crippen LogP contribution in [0.25, 0.3) is 0 Å². The molecule has 0 aliphatic carbocycles. The van der Waals surface area contributed by atoms with E-state index in [1.165, 1.54) is 44.6 Å². The second-order valence-corrected chi connectivity index (χ2v) is 12.1. The minimum Gasteiger partial charge on any atom is -0.465 e. The average Bonchev–Trinajstić information content (AvgIpc) is 2.78. The van der Waals surface area contributed by atoms with Gasteiger partial charge in [-0.05, 0) is 74.8 Å². The summed E-state index contributed by atoms with van der Waals surface area (Å²) in [6, 6.07) is 8.26. The van der Waals surface area contributed by atoms with Crippen molar-refractivity contribution in [3.63, 3.8) is 0 Å². The predicted octanol–water partition coefficient (Wildman–Crippen LogP) is 3.66. The molecule has 0 radical (unpaired) electrons. The number of hydrogen-bond acceptors (Lipinski definition) is 9. The highest BCUT2D eigenvalue weighted by Crippen LogP contribution is 2.26. The maximum absolute atomic E-state index is 11.8. The summed E-state index contributed by atoms with van der Waals surface area (Å²) in [5, 5.41) is 0. The van der Waals surface area contributed by atoms with E-state index in [1.807, 2.05) is 6.92 Å². The Labute approximate surface area is 226 Å². The van der Waals surface area contributed by atoms with Crippen LogP contribution in [0, 0.1) is 0 Å². The summed E-state index contributed by atoms with van der Waals surface area (Å²) in [6.45, 7) is 4.60. The molecular formula is C20H25Br2ClN2O8S2. The summed E-state index contributed by atoms with van der Waals surface area (Å²) in [5.41, 5.74) is 5.16. The van der Waals surface area contributed by atoms with Crippen LogP contribution in [0.3, 0.4) is 0 Å². The average molecular weight is 681 g/mol. The van der Waals surface area contributed by atoms with Gasteiger partial charge in [0.05, 0.1) is 35.1 Å². The molecule has 0 heterocycles. The maximum atomic E-state index is 11.8. The van der Waals surface area contributed by atoms with Gasteiger partial charge in [-0.2, -0.15) is 0 Å². The lowest BCUT2D eigenvalue weighted by molar-refractivity contribution is 0.0591. The number of sulfonamides is 1. The molecule has 196 valence electrons. The summed E-state index contributed by atoms with van der Waals surface area (Å²) in [5.74, 6) is -1.20. The third-order valence-corrected chi connectivity index (χ3v) is 8.45. The van der Waals surface area contributed by atoms with E-state index in [4.69, 9.17) is 16.4 Å². The lowest BCUT2D eigenvalue weighted by Crippen LogP contribution is -2.23. The summed E-state index contributed by atoms with van der Waals surface area (Å²) >= 11 is 6.16. The number of benzene rings is 2. The Morgan fingerprint density at radius 1 is 0.886 bits per heavy atom. The van der Waals surface area contributed by atoms with Gasteiger partial charge in [-0.1, -0.05) is 13.8 Å². The Balaban J connectivity index is 0.000000597. The van der Waals surface area contributed by atoms with Crippen LogP contribution in [-0.4, -0.2) is 56.1 Å². The largest absolute Gasteiger partial charge is 0.465 e. The molecule has 0 spiro atoms. The first-order valence-electron chi connectivity index (χ1n) is 9.60. The number of ether oxygens (including phenoxy) is 2. The van der Waals surface area contributed by atoms with E-state index < -0.39 is 31.0 Å². The van der Waals surface area contributed by atoms with Gasteiger partial charge in [0, 0.05) is 26.2 Å². The van der Waals surface area contributed by atoms with Crippen LogP contribution in [0.1, 0.15) is 34.6 Å². The summed E-state index contributed by atoms with van der Waals surface area (Å²) < 4.78 is 57.9. The van der Waals surface area contributed by atoms with Gasteiger partial charge in [0.15, 0.2) is 0 Å². The van der Waals surface area contributed by atoms with Gasteiger partial charge in [0.2, 0.25) is 10.0 Å². The molecule has 35 heavy (non-hydrogen) atoms. The fraction of sp³-hybridized carbons (Fsp3) is 0.300. The molecule has 3 N–H and O–H groups in total. The first-order valence-corrected chi connectivity index (χ1v) is 15.0. The Morgan fingerprint density at radius 2 is 1.26 bits per heavy atom. The van der Waals surface area contributed by atoms with Gasteiger partial charge in [-0.15, -0.1) is 0 Å². The van der Waals surface area contributed by atoms with Gasteiger partial charge in [0.1, 0.15) is 0 Å². The second-order valence-electron chi connectivity index (χ2n) is 6.12. The molecule has 0 unspecified atom stereocenters. The number of halogens is 3. The van der Waals surface area contributed by atoms with E-state index in [-0.39, 0.29) is 27.5 Å². The topological polar surface area (TPSA) is 159 Å². The monoisotopic (exact) mass is 678 g/mol. The number of methoxy groups -OCH3 is 2. The zero-order chi connectivity index (χ0) is 27.4. The van der Waals surface area contributed by atoms with E-state index >= 15 is 0 Å². The third kappa shape index (κ3) is 10.9. The van der Waals surface area contributed by atoms with Crippen LogP contribution < -0.4 is 10.5 Å². The first-order chi connectivity index (χ1) is 16.2. The molecule has 0 saturated carbocycles. The van der Waals surface area contributed by atoms with Crippen molar-refractivity contribution in [2.75, 3.05) is 27.3 Å². The minimum atomic E-state index is -3.88. The molecular weight excluding hydrogens is 656 g/mol. The molecule has 0 atom stereocenters. The van der Waals surface area contributed by atoms with Crippen molar-refractivity contribution in [3.8, 4) is 0 Å². The first kappa shape index (κ1) is 33.4. The molecule has 2 aromatic rings. The van der Waals surface area contributed by atoms with E-state index in [1.54, 1.807) is 6.92 Å². The lowest BCUT2D eigenvalue weighted by Gasteiger charge is -2.08. The van der Waals surface area contributed by atoms with Crippen LogP contribution >= 0.6 is 42.5 Å². The highest BCUT2D eigenvalue weighted by atomic mass is 79.9. The van der Waals surface area contributed by atoms with Crippen LogP contribution in [0.2, 0.25) is 0 Å². The van der Waals surface area contributed by atoms with Crippen LogP contribution in [0.4, 0.5) is 0 Å². The number of carbonyl (C=O) groups is 2. The van der Waals surface area contributed by atoms with Crippen LogP contribution in [-0.2, 0) is 28.5 Å². The molecule has 2 rings (SSSR count). The molecule has 0 amide bonds. The smallest absolute Gasteiger partial charge is 0.337 e. The van der Waals surface area contributed by atoms with Gasteiger partial charge in [-0.3, -0.25) is 0 Å².